The van der Waals surface area contributed by atoms with Gasteiger partial charge in [-0.3, -0.25) is 4.79 Å². The molecule has 0 radical (unpaired) electrons. The molecule has 7 nitrogen and oxygen atoms in total. The quantitative estimate of drug-likeness (QED) is 0.450. The molecule has 0 spiro atoms. The molecule has 2 heterocycles. The average molecular weight is 464 g/mol. The average Bonchev–Trinajstić information content (AvgIpc) is 2.92. The van der Waals surface area contributed by atoms with Crippen molar-refractivity contribution < 1.29 is 9.53 Å². The zero-order chi connectivity index (χ0) is 24.4. The number of carbonyl (C=O) groups excluding carboxylic acids is 1. The van der Waals surface area contributed by atoms with Gasteiger partial charge in [0.2, 0.25) is 0 Å². The number of rotatable bonds is 4. The van der Waals surface area contributed by atoms with E-state index in [1.165, 1.54) is 0 Å². The number of amides is 1. The second kappa shape index (κ2) is 9.53. The lowest BCUT2D eigenvalue weighted by molar-refractivity contribution is 0.0664. The Morgan fingerprint density at radius 2 is 1.71 bits per heavy atom. The second-order valence-electron chi connectivity index (χ2n) is 8.66. The third kappa shape index (κ3) is 4.44. The molecular formula is C28H25N5O2. The van der Waals surface area contributed by atoms with E-state index < -0.39 is 0 Å². The molecule has 0 unspecified atom stereocenters. The highest BCUT2D eigenvalue weighted by molar-refractivity contribution is 5.98. The lowest BCUT2D eigenvalue weighted by Crippen LogP contribution is -2.47. The summed E-state index contributed by atoms with van der Waals surface area (Å²) in [4.78, 5) is 26.3. The van der Waals surface area contributed by atoms with E-state index in [0.717, 1.165) is 59.5 Å². The minimum absolute atomic E-state index is 0.0428. The number of carbonyl (C=O) groups is 1. The van der Waals surface area contributed by atoms with E-state index in [-0.39, 0.29) is 5.91 Å². The van der Waals surface area contributed by atoms with Crippen LogP contribution in [0.15, 0.2) is 67.0 Å². The molecule has 3 aromatic carbocycles. The van der Waals surface area contributed by atoms with Gasteiger partial charge in [-0.15, -0.1) is 0 Å². The van der Waals surface area contributed by atoms with Crippen molar-refractivity contribution in [2.75, 3.05) is 40.3 Å². The Kier molecular flexibility index (Phi) is 6.13. The van der Waals surface area contributed by atoms with Gasteiger partial charge in [0.25, 0.3) is 5.91 Å². The molecular weight excluding hydrogens is 438 g/mol. The van der Waals surface area contributed by atoms with Gasteiger partial charge in [0, 0.05) is 42.7 Å². The first-order valence-electron chi connectivity index (χ1n) is 11.5. The predicted molar refractivity (Wildman–Crippen MR) is 135 cm³/mol. The number of hydrogen-bond donors (Lipinski definition) is 0. The monoisotopic (exact) mass is 463 g/mol. The maximum Gasteiger partial charge on any atom is 0.253 e. The molecule has 4 aromatic rings. The molecule has 0 bridgehead atoms. The second-order valence-corrected chi connectivity index (χ2v) is 8.66. The topological polar surface area (TPSA) is 82.4 Å². The van der Waals surface area contributed by atoms with Crippen molar-refractivity contribution in [3.8, 4) is 34.2 Å². The van der Waals surface area contributed by atoms with E-state index in [0.29, 0.717) is 16.9 Å². The van der Waals surface area contributed by atoms with Crippen LogP contribution in [0.25, 0.3) is 33.3 Å². The van der Waals surface area contributed by atoms with Crippen LogP contribution in [0.4, 0.5) is 0 Å². The lowest BCUT2D eigenvalue weighted by Gasteiger charge is -2.32. The molecule has 1 aromatic heterocycles. The fourth-order valence-electron chi connectivity index (χ4n) is 4.43. The Labute approximate surface area is 204 Å². The molecule has 7 heteroatoms. The van der Waals surface area contributed by atoms with Gasteiger partial charge >= 0.3 is 0 Å². The minimum Gasteiger partial charge on any atom is -0.495 e. The van der Waals surface area contributed by atoms with Crippen molar-refractivity contribution in [2.45, 2.75) is 0 Å². The van der Waals surface area contributed by atoms with Gasteiger partial charge in [-0.2, -0.15) is 5.26 Å². The summed E-state index contributed by atoms with van der Waals surface area (Å²) < 4.78 is 5.28. The van der Waals surface area contributed by atoms with Gasteiger partial charge < -0.3 is 14.5 Å². The Morgan fingerprint density at radius 3 is 2.49 bits per heavy atom. The molecule has 1 amide bonds. The number of ether oxygens (including phenoxy) is 1. The summed E-state index contributed by atoms with van der Waals surface area (Å²) in [6, 6.07) is 21.3. The van der Waals surface area contributed by atoms with Crippen molar-refractivity contribution in [2.24, 2.45) is 0 Å². The van der Waals surface area contributed by atoms with Crippen LogP contribution in [0.2, 0.25) is 0 Å². The predicted octanol–water partition coefficient (Wildman–Crippen LogP) is 4.23. The van der Waals surface area contributed by atoms with Crippen LogP contribution in [0.1, 0.15) is 15.9 Å². The fraction of sp³-hybridized carbons (Fsp3) is 0.214. The van der Waals surface area contributed by atoms with Gasteiger partial charge in [0.15, 0.2) is 0 Å². The molecule has 1 fully saturated rings. The van der Waals surface area contributed by atoms with Crippen molar-refractivity contribution >= 4 is 16.8 Å². The Balaban J connectivity index is 1.54. The van der Waals surface area contributed by atoms with Gasteiger partial charge in [0.1, 0.15) is 18.1 Å². The van der Waals surface area contributed by atoms with E-state index in [2.05, 4.69) is 28.0 Å². The van der Waals surface area contributed by atoms with Crippen LogP contribution >= 0.6 is 0 Å². The highest BCUT2D eigenvalue weighted by Crippen LogP contribution is 2.32. The molecule has 0 saturated carbocycles. The Hall–Kier alpha value is -4.28. The highest BCUT2D eigenvalue weighted by atomic mass is 16.5. The molecule has 0 atom stereocenters. The number of nitriles is 1. The molecule has 1 aliphatic rings. The van der Waals surface area contributed by atoms with E-state index in [4.69, 9.17) is 4.74 Å². The molecule has 5 rings (SSSR count). The first-order valence-corrected chi connectivity index (χ1v) is 11.5. The van der Waals surface area contributed by atoms with Crippen molar-refractivity contribution in [3.05, 3.63) is 78.1 Å². The first-order chi connectivity index (χ1) is 17.1. The van der Waals surface area contributed by atoms with Crippen molar-refractivity contribution in [1.29, 1.82) is 5.26 Å². The summed E-state index contributed by atoms with van der Waals surface area (Å²) in [6.45, 7) is 3.21. The van der Waals surface area contributed by atoms with Crippen LogP contribution in [0.3, 0.4) is 0 Å². The largest absolute Gasteiger partial charge is 0.495 e. The van der Waals surface area contributed by atoms with E-state index in [9.17, 15) is 10.1 Å². The number of fused-ring (bicyclic) bond motifs is 1. The molecule has 174 valence electrons. The summed E-state index contributed by atoms with van der Waals surface area (Å²) >= 11 is 0. The van der Waals surface area contributed by atoms with Crippen LogP contribution in [0.5, 0.6) is 5.75 Å². The number of methoxy groups -OCH3 is 1. The van der Waals surface area contributed by atoms with Gasteiger partial charge in [0.05, 0.1) is 23.9 Å². The number of aromatic nitrogens is 2. The molecule has 1 aliphatic heterocycles. The standard InChI is InChI=1S/C28H25N5O2/c1-32-10-12-33(13-11-32)28(34)22-5-3-4-21(15-22)27-24-16-20(6-8-25(24)30-18-31-27)19-7-9-26(35-2)23(14-19)17-29/h3-9,14-16,18H,10-13H2,1-2H3. The fourth-order valence-corrected chi connectivity index (χ4v) is 4.43. The minimum atomic E-state index is 0.0428. The maximum atomic E-state index is 13.1. The number of benzene rings is 3. The molecule has 1 saturated heterocycles. The maximum absolute atomic E-state index is 13.1. The summed E-state index contributed by atoms with van der Waals surface area (Å²) in [6.07, 6.45) is 1.55. The van der Waals surface area contributed by atoms with Crippen LogP contribution in [-0.2, 0) is 0 Å². The Bertz CT molecular complexity index is 1450. The molecule has 0 N–H and O–H groups in total. The Morgan fingerprint density at radius 1 is 0.943 bits per heavy atom. The van der Waals surface area contributed by atoms with Crippen molar-refractivity contribution in [3.63, 3.8) is 0 Å². The SMILES string of the molecule is COc1ccc(-c2ccc3ncnc(-c4cccc(C(=O)N5CCN(C)CC5)c4)c3c2)cc1C#N. The van der Waals surface area contributed by atoms with Gasteiger partial charge in [-0.25, -0.2) is 9.97 Å². The highest BCUT2D eigenvalue weighted by Gasteiger charge is 2.21. The van der Waals surface area contributed by atoms with Crippen LogP contribution < -0.4 is 4.74 Å². The van der Waals surface area contributed by atoms with Crippen molar-refractivity contribution in [1.82, 2.24) is 19.8 Å². The summed E-state index contributed by atoms with van der Waals surface area (Å²) in [5.41, 5.74) is 5.41. The zero-order valence-electron chi connectivity index (χ0n) is 19.7. The normalized spacial score (nSPS) is 14.0. The first kappa shape index (κ1) is 22.5. The number of nitrogens with zero attached hydrogens (tertiary/aromatic N) is 5. The zero-order valence-corrected chi connectivity index (χ0v) is 19.7. The van der Waals surface area contributed by atoms with E-state index in [1.54, 1.807) is 19.5 Å². The van der Waals surface area contributed by atoms with E-state index >= 15 is 0 Å². The molecule has 0 aliphatic carbocycles. The van der Waals surface area contributed by atoms with E-state index in [1.807, 2.05) is 59.5 Å². The number of hydrogen-bond acceptors (Lipinski definition) is 6. The van der Waals surface area contributed by atoms with Crippen LogP contribution in [0, 0.1) is 11.3 Å². The lowest BCUT2D eigenvalue weighted by atomic mass is 9.98. The smallest absolute Gasteiger partial charge is 0.253 e. The number of likely N-dealkylation sites (N-methyl/N-ethyl adjacent to an activating group) is 1. The third-order valence-corrected chi connectivity index (χ3v) is 6.46. The summed E-state index contributed by atoms with van der Waals surface area (Å²) in [5, 5.41) is 10.4. The summed E-state index contributed by atoms with van der Waals surface area (Å²) in [5.74, 6) is 0.587. The third-order valence-electron chi connectivity index (χ3n) is 6.46. The van der Waals surface area contributed by atoms with Gasteiger partial charge in [-0.05, 0) is 54.6 Å². The molecule has 35 heavy (non-hydrogen) atoms. The van der Waals surface area contributed by atoms with Gasteiger partial charge in [-0.1, -0.05) is 24.3 Å². The number of piperazine rings is 1. The summed E-state index contributed by atoms with van der Waals surface area (Å²) in [7, 11) is 3.63. The van der Waals surface area contributed by atoms with Crippen LogP contribution in [-0.4, -0.2) is 66.0 Å².